The van der Waals surface area contributed by atoms with Gasteiger partial charge in [0.15, 0.2) is 5.78 Å². The number of benzene rings is 2. The van der Waals surface area contributed by atoms with E-state index in [1.807, 2.05) is 27.7 Å². The van der Waals surface area contributed by atoms with Gasteiger partial charge >= 0.3 is 6.18 Å². The number of aromatic nitrogens is 2. The Hall–Kier alpha value is -4.67. The first-order valence-electron chi connectivity index (χ1n) is 18.9. The highest BCUT2D eigenvalue weighted by atomic mass is 19.4. The van der Waals surface area contributed by atoms with Crippen LogP contribution in [0.4, 0.5) is 17.6 Å². The largest absolute Gasteiger partial charge is 0.418 e. The molecule has 2 N–H and O–H groups in total. The van der Waals surface area contributed by atoms with Crippen molar-refractivity contribution in [2.45, 2.75) is 104 Å². The molecule has 0 saturated carbocycles. The quantitative estimate of drug-likeness (QED) is 0.105. The van der Waals surface area contributed by atoms with Gasteiger partial charge in [-0.2, -0.15) is 13.2 Å². The highest BCUT2D eigenvalue weighted by molar-refractivity contribution is 5.97. The van der Waals surface area contributed by atoms with Crippen LogP contribution in [0.25, 0.3) is 10.9 Å². The lowest BCUT2D eigenvalue weighted by atomic mass is 9.72. The molecule has 0 aliphatic heterocycles. The van der Waals surface area contributed by atoms with Gasteiger partial charge in [-0.05, 0) is 71.6 Å². The first-order valence-corrected chi connectivity index (χ1v) is 18.9. The Morgan fingerprint density at radius 3 is 2.22 bits per heavy atom. The maximum Gasteiger partial charge on any atom is 0.418 e. The Labute approximate surface area is 313 Å². The summed E-state index contributed by atoms with van der Waals surface area (Å²) in [6, 6.07) is 13.4. The topological polar surface area (TPSA) is 109 Å². The average Bonchev–Trinajstić information content (AvgIpc) is 3.51. The van der Waals surface area contributed by atoms with Crippen LogP contribution in [-0.4, -0.2) is 38.8 Å². The second-order valence-electron chi connectivity index (χ2n) is 15.1. The monoisotopic (exact) mass is 747 g/mol. The molecule has 1 aliphatic rings. The predicted octanol–water partition coefficient (Wildman–Crippen LogP) is 8.75. The van der Waals surface area contributed by atoms with E-state index in [-0.39, 0.29) is 97.6 Å². The van der Waals surface area contributed by atoms with Crippen LogP contribution in [0.5, 0.6) is 0 Å². The average molecular weight is 748 g/mol. The molecule has 54 heavy (non-hydrogen) atoms. The van der Waals surface area contributed by atoms with Gasteiger partial charge in [0.25, 0.3) is 0 Å². The first kappa shape index (κ1) is 40.5. The zero-order valence-electron chi connectivity index (χ0n) is 31.3. The van der Waals surface area contributed by atoms with Crippen LogP contribution in [0.15, 0.2) is 67.0 Å². The number of aryl methyl sites for hydroxylation is 1. The number of fused-ring (bicyclic) bond motifs is 3. The fourth-order valence-electron chi connectivity index (χ4n) is 7.79. The highest BCUT2D eigenvalue weighted by Crippen LogP contribution is 2.41. The van der Waals surface area contributed by atoms with Crippen molar-refractivity contribution in [1.82, 2.24) is 15.3 Å². The molecular formula is C43H49F4N3O4. The van der Waals surface area contributed by atoms with Crippen LogP contribution >= 0.6 is 0 Å². The summed E-state index contributed by atoms with van der Waals surface area (Å²) in [7, 11) is 0. The molecule has 0 fully saturated rings. The summed E-state index contributed by atoms with van der Waals surface area (Å²) in [4.78, 5) is 62.9. The number of hydrogen-bond acceptors (Lipinski definition) is 5. The number of halogens is 4. The summed E-state index contributed by atoms with van der Waals surface area (Å²) in [6.45, 7) is 7.71. The lowest BCUT2D eigenvalue weighted by Gasteiger charge is -2.39. The molecule has 1 amide bonds. The standard InChI is InChI=1S/C43H49F4N3O4/c1-5-26(3)30(22-31(51)20-28-15-18-48-19-16-28)23-39(53)42(17-14-38-35(25-42)33-11-9-12-36(40(33)49-38)43(45,46)47)50-41(54)34(27(4)6-2)24-32(52)21-29-10-7-8-13-37(29)44/h7-13,15-16,18-19,26-27,30,34,49H,5-6,14,17,20-25H2,1-4H3,(H,50,54)/t26-,27?,30-,34-,42+/m0/s1. The zero-order valence-corrected chi connectivity index (χ0v) is 31.3. The first-order chi connectivity index (χ1) is 25.7. The number of hydrogen-bond donors (Lipinski definition) is 2. The smallest absolute Gasteiger partial charge is 0.358 e. The number of rotatable bonds is 17. The number of pyridine rings is 1. The van der Waals surface area contributed by atoms with E-state index < -0.39 is 34.9 Å². The molecule has 4 aromatic rings. The maximum absolute atomic E-state index is 14.8. The molecule has 2 aromatic heterocycles. The molecule has 0 saturated heterocycles. The summed E-state index contributed by atoms with van der Waals surface area (Å²) in [5.41, 5.74) is -0.252. The summed E-state index contributed by atoms with van der Waals surface area (Å²) >= 11 is 0. The van der Waals surface area contributed by atoms with Crippen molar-refractivity contribution in [2.24, 2.45) is 23.7 Å². The van der Waals surface area contributed by atoms with E-state index in [4.69, 9.17) is 0 Å². The number of para-hydroxylation sites is 1. The van der Waals surface area contributed by atoms with Crippen molar-refractivity contribution in [3.05, 3.63) is 101 Å². The SMILES string of the molecule is CCC(C)[C@H](CC(=O)Cc1ccccc1F)C(=O)N[C@]1(C(=O)C[C@H](CC(=O)Cc2ccncc2)[C@@H](C)CC)CCc2[nH]c3c(C(F)(F)F)cccc3c2C1. The normalized spacial score (nSPS) is 18.0. The summed E-state index contributed by atoms with van der Waals surface area (Å²) < 4.78 is 56.7. The van der Waals surface area contributed by atoms with Crippen LogP contribution in [-0.2, 0) is 51.0 Å². The minimum Gasteiger partial charge on any atom is -0.358 e. The second kappa shape index (κ2) is 17.2. The molecule has 5 atom stereocenters. The van der Waals surface area contributed by atoms with Crippen LogP contribution in [0.3, 0.4) is 0 Å². The number of aromatic amines is 1. The Bertz CT molecular complexity index is 1970. The third kappa shape index (κ3) is 9.33. The minimum atomic E-state index is -4.61. The molecule has 0 spiro atoms. The van der Waals surface area contributed by atoms with Crippen molar-refractivity contribution in [3.8, 4) is 0 Å². The van der Waals surface area contributed by atoms with Gasteiger partial charge in [-0.25, -0.2) is 4.39 Å². The summed E-state index contributed by atoms with van der Waals surface area (Å²) in [5, 5.41) is 3.41. The van der Waals surface area contributed by atoms with E-state index in [0.717, 1.165) is 11.6 Å². The number of alkyl halides is 3. The van der Waals surface area contributed by atoms with Crippen LogP contribution in [0, 0.1) is 29.5 Å². The van der Waals surface area contributed by atoms with Crippen LogP contribution < -0.4 is 5.32 Å². The van der Waals surface area contributed by atoms with Gasteiger partial charge in [-0.1, -0.05) is 70.9 Å². The van der Waals surface area contributed by atoms with Crippen molar-refractivity contribution in [3.63, 3.8) is 0 Å². The minimum absolute atomic E-state index is 0.0199. The molecule has 2 aromatic carbocycles. The van der Waals surface area contributed by atoms with Crippen molar-refractivity contribution >= 4 is 34.2 Å². The van der Waals surface area contributed by atoms with E-state index in [1.54, 1.807) is 36.7 Å². The Morgan fingerprint density at radius 1 is 0.870 bits per heavy atom. The molecule has 5 rings (SSSR count). The molecule has 1 aliphatic carbocycles. The number of amides is 1. The number of ketones is 3. The highest BCUT2D eigenvalue weighted by Gasteiger charge is 2.46. The van der Waals surface area contributed by atoms with Gasteiger partial charge in [-0.3, -0.25) is 24.2 Å². The number of carbonyl (C=O) groups excluding carboxylic acids is 4. The maximum atomic E-state index is 14.8. The third-order valence-electron chi connectivity index (χ3n) is 11.5. The van der Waals surface area contributed by atoms with Crippen LogP contribution in [0.1, 0.15) is 94.2 Å². The fraction of sp³-hybridized carbons (Fsp3) is 0.465. The third-order valence-corrected chi connectivity index (χ3v) is 11.5. The van der Waals surface area contributed by atoms with E-state index in [9.17, 15) is 36.7 Å². The number of nitrogens with zero attached hydrogens (tertiary/aromatic N) is 1. The predicted molar refractivity (Wildman–Crippen MR) is 199 cm³/mol. The molecule has 0 bridgehead atoms. The molecule has 1 unspecified atom stereocenters. The molecule has 288 valence electrons. The molecule has 0 radical (unpaired) electrons. The lowest BCUT2D eigenvalue weighted by molar-refractivity contribution is -0.138. The number of H-pyrrole nitrogens is 1. The Morgan fingerprint density at radius 2 is 1.56 bits per heavy atom. The molecule has 2 heterocycles. The van der Waals surface area contributed by atoms with Gasteiger partial charge in [0, 0.05) is 67.9 Å². The molecular weight excluding hydrogens is 698 g/mol. The Kier molecular flexibility index (Phi) is 12.9. The number of carbonyl (C=O) groups is 4. The Balaban J connectivity index is 1.49. The van der Waals surface area contributed by atoms with Gasteiger partial charge in [0.2, 0.25) is 5.91 Å². The molecule has 11 heteroatoms. The summed E-state index contributed by atoms with van der Waals surface area (Å²) in [6.07, 6.45) is 0.0636. The van der Waals surface area contributed by atoms with Gasteiger partial charge in [0.1, 0.15) is 22.9 Å². The lowest BCUT2D eigenvalue weighted by Crippen LogP contribution is -2.60. The number of Topliss-reactive ketones (excluding diaryl/α,β-unsaturated/α-hetero) is 3. The van der Waals surface area contributed by atoms with Gasteiger partial charge < -0.3 is 10.3 Å². The van der Waals surface area contributed by atoms with E-state index in [0.29, 0.717) is 29.5 Å². The van der Waals surface area contributed by atoms with Crippen molar-refractivity contribution < 1.29 is 36.7 Å². The van der Waals surface area contributed by atoms with Crippen molar-refractivity contribution in [1.29, 1.82) is 0 Å². The van der Waals surface area contributed by atoms with Gasteiger partial charge in [0.05, 0.1) is 11.1 Å². The van der Waals surface area contributed by atoms with Crippen molar-refractivity contribution in [2.75, 3.05) is 0 Å². The molecule has 7 nitrogen and oxygen atoms in total. The fourth-order valence-corrected chi connectivity index (χ4v) is 7.79. The van der Waals surface area contributed by atoms with Gasteiger partial charge in [-0.15, -0.1) is 0 Å². The van der Waals surface area contributed by atoms with E-state index in [1.165, 1.54) is 24.3 Å². The second-order valence-corrected chi connectivity index (χ2v) is 15.1. The zero-order chi connectivity index (χ0) is 39.2. The number of nitrogens with one attached hydrogen (secondary N) is 2. The van der Waals surface area contributed by atoms with E-state index in [2.05, 4.69) is 15.3 Å². The summed E-state index contributed by atoms with van der Waals surface area (Å²) in [5.74, 6) is -3.17. The van der Waals surface area contributed by atoms with E-state index >= 15 is 0 Å². The van der Waals surface area contributed by atoms with Crippen LogP contribution in [0.2, 0.25) is 0 Å².